The zero-order valence-electron chi connectivity index (χ0n) is 16.9. The molecule has 0 aromatic heterocycles. The molecule has 1 aromatic carbocycles. The van der Waals surface area contributed by atoms with Crippen LogP contribution in [0.5, 0.6) is 0 Å². The van der Waals surface area contributed by atoms with E-state index in [0.717, 1.165) is 5.56 Å². The molecule has 3 aliphatic heterocycles. The molecule has 1 aromatic rings. The highest BCUT2D eigenvalue weighted by atomic mass is 16.7. The van der Waals surface area contributed by atoms with Gasteiger partial charge in [0.05, 0.1) is 17.9 Å². The number of benzene rings is 1. The first-order chi connectivity index (χ1) is 15.0. The van der Waals surface area contributed by atoms with Crippen LogP contribution in [0.1, 0.15) is 31.2 Å². The second-order valence-corrected chi connectivity index (χ2v) is 8.30. The number of amides is 4. The van der Waals surface area contributed by atoms with Gasteiger partial charge in [0.15, 0.2) is 0 Å². The Bertz CT molecular complexity index is 922. The quantitative estimate of drug-likeness (QED) is 0.527. The summed E-state index contributed by atoms with van der Waals surface area (Å²) in [5, 5.41) is 1.94. The molecule has 4 atom stereocenters. The van der Waals surface area contributed by atoms with Gasteiger partial charge in [0, 0.05) is 6.54 Å². The molecule has 5 rings (SSSR count). The summed E-state index contributed by atoms with van der Waals surface area (Å²) >= 11 is 0. The first-order valence-corrected chi connectivity index (χ1v) is 10.6. The second-order valence-electron chi connectivity index (χ2n) is 8.30. The number of imide groups is 1. The molecule has 0 radical (unpaired) electrons. The lowest BCUT2D eigenvalue weighted by Gasteiger charge is -2.29. The van der Waals surface area contributed by atoms with Crippen LogP contribution in [0.3, 0.4) is 0 Å². The first kappa shape index (κ1) is 19.7. The van der Waals surface area contributed by atoms with Gasteiger partial charge in [0.1, 0.15) is 12.6 Å². The zero-order valence-corrected chi connectivity index (χ0v) is 16.9. The lowest BCUT2D eigenvalue weighted by atomic mass is 9.85. The molecule has 31 heavy (non-hydrogen) atoms. The van der Waals surface area contributed by atoms with Crippen molar-refractivity contribution in [1.82, 2.24) is 15.0 Å². The van der Waals surface area contributed by atoms with Crippen LogP contribution in [0.15, 0.2) is 42.5 Å². The average Bonchev–Trinajstić information content (AvgIpc) is 3.18. The fraction of sp³-hybridized carbons (Fsp3) is 0.455. The summed E-state index contributed by atoms with van der Waals surface area (Å²) in [5.41, 5.74) is 0.935. The van der Waals surface area contributed by atoms with E-state index in [-0.39, 0.29) is 12.6 Å². The number of carbonyl (C=O) groups is 4. The van der Waals surface area contributed by atoms with E-state index in [4.69, 9.17) is 9.68 Å². The van der Waals surface area contributed by atoms with E-state index in [1.807, 2.05) is 42.5 Å². The van der Waals surface area contributed by atoms with E-state index < -0.39 is 41.7 Å². The smallest absolute Gasteiger partial charge is 0.328 e. The van der Waals surface area contributed by atoms with Gasteiger partial charge in [0.25, 0.3) is 11.8 Å². The van der Waals surface area contributed by atoms with Crippen LogP contribution < -0.4 is 0 Å². The van der Waals surface area contributed by atoms with E-state index in [1.54, 1.807) is 0 Å². The zero-order chi connectivity index (χ0) is 21.5. The molecule has 3 heterocycles. The number of nitrogens with zero attached hydrogens (tertiary/aromatic N) is 3. The SMILES string of the molecule is O=C(ON1C(=O)C2CC=CCC2C1=O)[C@@H]1CC[C@@H]2CN1C(=O)N2OCc1ccccc1. The Morgan fingerprint density at radius 3 is 2.32 bits per heavy atom. The predicted octanol–water partition coefficient (Wildman–Crippen LogP) is 1.80. The van der Waals surface area contributed by atoms with Crippen LogP contribution in [0.2, 0.25) is 0 Å². The molecule has 0 saturated carbocycles. The minimum atomic E-state index is -0.851. The molecule has 4 amide bonds. The van der Waals surface area contributed by atoms with E-state index in [0.29, 0.717) is 37.3 Å². The first-order valence-electron chi connectivity index (χ1n) is 10.6. The molecular formula is C22H23N3O6. The standard InChI is InChI=1S/C22H23N3O6/c26-19-16-8-4-5-9-17(16)20(27)25(19)31-21(28)18-11-10-15-12-23(18)22(29)24(15)30-13-14-6-2-1-3-7-14/h1-7,15-18H,8-13H2/t15-,16?,17?,18+/m1/s1. The topological polar surface area (TPSA) is 96.5 Å². The van der Waals surface area contributed by atoms with Crippen molar-refractivity contribution in [2.24, 2.45) is 11.8 Å². The molecule has 9 heteroatoms. The lowest BCUT2D eigenvalue weighted by Crippen LogP contribution is -2.48. The number of rotatable bonds is 5. The van der Waals surface area contributed by atoms with Gasteiger partial charge in [-0.25, -0.2) is 9.59 Å². The van der Waals surface area contributed by atoms with Crippen molar-refractivity contribution in [3.8, 4) is 0 Å². The fourth-order valence-corrected chi connectivity index (χ4v) is 4.77. The Morgan fingerprint density at radius 1 is 0.968 bits per heavy atom. The molecule has 162 valence electrons. The van der Waals surface area contributed by atoms with Crippen LogP contribution in [-0.4, -0.2) is 57.5 Å². The van der Waals surface area contributed by atoms with Gasteiger partial charge in [-0.05, 0) is 31.2 Å². The number of fused-ring (bicyclic) bond motifs is 3. The van der Waals surface area contributed by atoms with E-state index in [9.17, 15) is 19.2 Å². The Kier molecular flexibility index (Phi) is 4.97. The van der Waals surface area contributed by atoms with Gasteiger partial charge >= 0.3 is 12.0 Å². The highest BCUT2D eigenvalue weighted by Crippen LogP contribution is 2.36. The Morgan fingerprint density at radius 2 is 1.65 bits per heavy atom. The number of urea groups is 1. The summed E-state index contributed by atoms with van der Waals surface area (Å²) in [6.07, 6.45) is 5.61. The summed E-state index contributed by atoms with van der Waals surface area (Å²) in [5.74, 6) is -2.68. The molecule has 0 spiro atoms. The summed E-state index contributed by atoms with van der Waals surface area (Å²) in [7, 11) is 0. The van der Waals surface area contributed by atoms with E-state index >= 15 is 0 Å². The molecular weight excluding hydrogens is 402 g/mol. The van der Waals surface area contributed by atoms with Crippen molar-refractivity contribution in [1.29, 1.82) is 0 Å². The summed E-state index contributed by atoms with van der Waals surface area (Å²) in [6.45, 7) is 0.587. The Labute approximate surface area is 179 Å². The highest BCUT2D eigenvalue weighted by Gasteiger charge is 2.52. The third-order valence-corrected chi connectivity index (χ3v) is 6.46. The van der Waals surface area contributed by atoms with Gasteiger partial charge in [-0.1, -0.05) is 42.5 Å². The molecule has 9 nitrogen and oxygen atoms in total. The summed E-state index contributed by atoms with van der Waals surface area (Å²) in [4.78, 5) is 63.2. The van der Waals surface area contributed by atoms with Crippen LogP contribution in [0.4, 0.5) is 4.79 Å². The van der Waals surface area contributed by atoms with Crippen molar-refractivity contribution in [2.75, 3.05) is 6.54 Å². The Hall–Kier alpha value is -3.20. The molecule has 0 N–H and O–H groups in total. The second kappa shape index (κ2) is 7.81. The van der Waals surface area contributed by atoms with Crippen LogP contribution in [0, 0.1) is 11.8 Å². The number of piperidine rings is 1. The minimum Gasteiger partial charge on any atom is -0.328 e. The number of carbonyl (C=O) groups excluding carboxylic acids is 4. The number of hydroxylamine groups is 4. The van der Waals surface area contributed by atoms with E-state index in [1.165, 1.54) is 9.96 Å². The van der Waals surface area contributed by atoms with Gasteiger partial charge in [-0.2, -0.15) is 5.06 Å². The molecule has 4 aliphatic rings. The lowest BCUT2D eigenvalue weighted by molar-refractivity contribution is -0.202. The number of hydrogen-bond acceptors (Lipinski definition) is 6. The van der Waals surface area contributed by atoms with Crippen molar-refractivity contribution in [3.05, 3.63) is 48.0 Å². The molecule has 3 saturated heterocycles. The molecule has 2 bridgehead atoms. The monoisotopic (exact) mass is 425 g/mol. The summed E-state index contributed by atoms with van der Waals surface area (Å²) in [6, 6.07) is 8.10. The van der Waals surface area contributed by atoms with Gasteiger partial charge < -0.3 is 9.74 Å². The van der Waals surface area contributed by atoms with Gasteiger partial charge in [0.2, 0.25) is 0 Å². The highest BCUT2D eigenvalue weighted by molar-refractivity contribution is 6.05. The van der Waals surface area contributed by atoms with Crippen LogP contribution in [0.25, 0.3) is 0 Å². The fourth-order valence-electron chi connectivity index (χ4n) is 4.77. The van der Waals surface area contributed by atoms with Gasteiger partial charge in [-0.3, -0.25) is 14.4 Å². The van der Waals surface area contributed by atoms with E-state index in [2.05, 4.69) is 0 Å². The molecule has 1 aliphatic carbocycles. The average molecular weight is 425 g/mol. The maximum atomic E-state index is 12.9. The maximum Gasteiger partial charge on any atom is 0.355 e. The Balaban J connectivity index is 1.23. The maximum absolute atomic E-state index is 12.9. The summed E-state index contributed by atoms with van der Waals surface area (Å²) < 4.78 is 0. The third kappa shape index (κ3) is 3.38. The van der Waals surface area contributed by atoms with Crippen molar-refractivity contribution in [3.63, 3.8) is 0 Å². The minimum absolute atomic E-state index is 0.149. The largest absolute Gasteiger partial charge is 0.355 e. The predicted molar refractivity (Wildman–Crippen MR) is 105 cm³/mol. The normalized spacial score (nSPS) is 29.5. The van der Waals surface area contributed by atoms with Crippen molar-refractivity contribution >= 4 is 23.8 Å². The van der Waals surface area contributed by atoms with Crippen LogP contribution in [-0.2, 0) is 30.7 Å². The van der Waals surface area contributed by atoms with Crippen molar-refractivity contribution < 1.29 is 28.9 Å². The number of hydrogen-bond donors (Lipinski definition) is 0. The van der Waals surface area contributed by atoms with Crippen molar-refractivity contribution in [2.45, 2.75) is 44.4 Å². The van der Waals surface area contributed by atoms with Gasteiger partial charge in [-0.15, -0.1) is 5.06 Å². The molecule has 3 fully saturated rings. The molecule has 2 unspecified atom stereocenters. The number of allylic oxidation sites excluding steroid dienone is 2. The van der Waals surface area contributed by atoms with Crippen LogP contribution >= 0.6 is 0 Å². The third-order valence-electron chi connectivity index (χ3n) is 6.46.